The van der Waals surface area contributed by atoms with Crippen molar-refractivity contribution >= 4 is 23.5 Å². The first-order valence-corrected chi connectivity index (χ1v) is 4.08. The lowest BCUT2D eigenvalue weighted by Crippen LogP contribution is -2.30. The number of benzene rings is 1. The minimum atomic E-state index is -1.68. The van der Waals surface area contributed by atoms with E-state index in [2.05, 4.69) is 5.10 Å². The number of aryl methyl sites for hydroxylation is 1. The molecule has 0 spiro atoms. The van der Waals surface area contributed by atoms with Crippen LogP contribution in [0.2, 0.25) is 0 Å². The van der Waals surface area contributed by atoms with E-state index in [0.29, 0.717) is 5.52 Å². The number of rotatable bonds is 1. The molecule has 0 bridgehead atoms. The highest BCUT2D eigenvalue weighted by Crippen LogP contribution is 2.13. The van der Waals surface area contributed by atoms with Gasteiger partial charge in [-0.1, -0.05) is 12.1 Å². The zero-order valence-electron chi connectivity index (χ0n) is 7.48. The van der Waals surface area contributed by atoms with Crippen molar-refractivity contribution in [3.8, 4) is 0 Å². The Labute approximate surface area is 79.7 Å². The van der Waals surface area contributed by atoms with Gasteiger partial charge in [0.2, 0.25) is 5.95 Å². The SMILES string of the molecule is Cn1nc2cccc(B(O)O)c2c1F. The first-order valence-electron chi connectivity index (χ1n) is 4.08. The third-order valence-corrected chi connectivity index (χ3v) is 2.10. The minimum absolute atomic E-state index is 0.133. The van der Waals surface area contributed by atoms with Gasteiger partial charge in [0, 0.05) is 7.05 Å². The predicted octanol–water partition coefficient (Wildman–Crippen LogP) is -0.608. The Morgan fingerprint density at radius 3 is 2.79 bits per heavy atom. The minimum Gasteiger partial charge on any atom is -0.423 e. The molecular formula is C8H8BFN2O2. The van der Waals surface area contributed by atoms with Gasteiger partial charge in [0.05, 0.1) is 10.9 Å². The van der Waals surface area contributed by atoms with Crippen LogP contribution < -0.4 is 5.46 Å². The summed E-state index contributed by atoms with van der Waals surface area (Å²) in [5.41, 5.74) is 0.545. The lowest BCUT2D eigenvalue weighted by Gasteiger charge is -1.99. The topological polar surface area (TPSA) is 58.3 Å². The van der Waals surface area contributed by atoms with Crippen LogP contribution in [0.25, 0.3) is 10.9 Å². The van der Waals surface area contributed by atoms with Crippen molar-refractivity contribution in [3.05, 3.63) is 24.1 Å². The quantitative estimate of drug-likeness (QED) is 0.595. The molecule has 2 aromatic rings. The summed E-state index contributed by atoms with van der Waals surface area (Å²) in [6, 6.07) is 4.67. The molecule has 2 rings (SSSR count). The molecule has 6 heteroatoms. The Bertz CT molecular complexity index is 483. The molecule has 72 valence electrons. The Kier molecular flexibility index (Phi) is 2.01. The third kappa shape index (κ3) is 1.20. The molecule has 0 radical (unpaired) electrons. The van der Waals surface area contributed by atoms with Crippen LogP contribution in [0.4, 0.5) is 4.39 Å². The highest BCUT2D eigenvalue weighted by atomic mass is 19.1. The zero-order valence-corrected chi connectivity index (χ0v) is 7.48. The molecule has 4 nitrogen and oxygen atoms in total. The number of hydrogen-bond donors (Lipinski definition) is 2. The van der Waals surface area contributed by atoms with Crippen molar-refractivity contribution in [2.75, 3.05) is 0 Å². The first-order chi connectivity index (χ1) is 6.61. The number of hydrogen-bond acceptors (Lipinski definition) is 3. The molecular weight excluding hydrogens is 186 g/mol. The summed E-state index contributed by atoms with van der Waals surface area (Å²) in [5.74, 6) is -0.566. The van der Waals surface area contributed by atoms with E-state index < -0.39 is 13.1 Å². The van der Waals surface area contributed by atoms with Gasteiger partial charge in [-0.15, -0.1) is 0 Å². The maximum Gasteiger partial charge on any atom is 0.489 e. The van der Waals surface area contributed by atoms with Gasteiger partial charge in [-0.2, -0.15) is 9.49 Å². The monoisotopic (exact) mass is 194 g/mol. The highest BCUT2D eigenvalue weighted by molar-refractivity contribution is 6.61. The number of aromatic nitrogens is 2. The lowest BCUT2D eigenvalue weighted by atomic mass is 9.78. The van der Waals surface area contributed by atoms with Crippen LogP contribution in [0.15, 0.2) is 18.2 Å². The number of nitrogens with zero attached hydrogens (tertiary/aromatic N) is 2. The molecule has 0 amide bonds. The molecule has 1 aromatic carbocycles. The van der Waals surface area contributed by atoms with Crippen molar-refractivity contribution in [1.29, 1.82) is 0 Å². The van der Waals surface area contributed by atoms with Gasteiger partial charge in [-0.05, 0) is 11.5 Å². The van der Waals surface area contributed by atoms with Crippen LogP contribution in [0, 0.1) is 5.95 Å². The average molecular weight is 194 g/mol. The molecule has 0 unspecified atom stereocenters. The van der Waals surface area contributed by atoms with E-state index in [4.69, 9.17) is 10.0 Å². The van der Waals surface area contributed by atoms with Gasteiger partial charge >= 0.3 is 7.12 Å². The zero-order chi connectivity index (χ0) is 10.3. The fourth-order valence-electron chi connectivity index (χ4n) is 1.45. The van der Waals surface area contributed by atoms with Gasteiger partial charge in [0.25, 0.3) is 0 Å². The second kappa shape index (κ2) is 3.07. The summed E-state index contributed by atoms with van der Waals surface area (Å²) in [7, 11) is -0.222. The maximum absolute atomic E-state index is 13.5. The molecule has 0 aliphatic rings. The average Bonchev–Trinajstić information content (AvgIpc) is 2.43. The fraction of sp³-hybridized carbons (Fsp3) is 0.125. The summed E-state index contributed by atoms with van der Waals surface area (Å²) in [6.07, 6.45) is 0. The molecule has 1 heterocycles. The van der Waals surface area contributed by atoms with Crippen LogP contribution in [-0.4, -0.2) is 26.9 Å². The predicted molar refractivity (Wildman–Crippen MR) is 50.5 cm³/mol. The third-order valence-electron chi connectivity index (χ3n) is 2.10. The summed E-state index contributed by atoms with van der Waals surface area (Å²) < 4.78 is 14.5. The molecule has 0 atom stereocenters. The van der Waals surface area contributed by atoms with Crippen LogP contribution in [0.1, 0.15) is 0 Å². The van der Waals surface area contributed by atoms with Crippen LogP contribution in [-0.2, 0) is 7.05 Å². The molecule has 0 fully saturated rings. The summed E-state index contributed by atoms with van der Waals surface area (Å²) in [4.78, 5) is 0. The van der Waals surface area contributed by atoms with E-state index >= 15 is 0 Å². The molecule has 0 saturated heterocycles. The summed E-state index contributed by atoms with van der Waals surface area (Å²) in [5, 5.41) is 22.0. The largest absolute Gasteiger partial charge is 0.489 e. The van der Waals surface area contributed by atoms with E-state index in [0.717, 1.165) is 4.68 Å². The van der Waals surface area contributed by atoms with Crippen molar-refractivity contribution < 1.29 is 14.4 Å². The van der Waals surface area contributed by atoms with Crippen LogP contribution in [0.5, 0.6) is 0 Å². The standard InChI is InChI=1S/C8H8BFN2O2/c1-12-8(10)7-5(9(13)14)3-2-4-6(7)11-12/h2-4,13-14H,1H3. The van der Waals surface area contributed by atoms with Crippen LogP contribution in [0.3, 0.4) is 0 Å². The van der Waals surface area contributed by atoms with Gasteiger partial charge in [-0.3, -0.25) is 0 Å². The molecule has 0 saturated carbocycles. The van der Waals surface area contributed by atoms with E-state index in [1.807, 2.05) is 0 Å². The number of halogens is 1. The van der Waals surface area contributed by atoms with Crippen molar-refractivity contribution in [3.63, 3.8) is 0 Å². The molecule has 0 aliphatic carbocycles. The molecule has 1 aromatic heterocycles. The smallest absolute Gasteiger partial charge is 0.423 e. The Morgan fingerprint density at radius 1 is 1.43 bits per heavy atom. The van der Waals surface area contributed by atoms with E-state index in [9.17, 15) is 4.39 Å². The van der Waals surface area contributed by atoms with Gasteiger partial charge in [-0.25, -0.2) is 4.68 Å². The first kappa shape index (κ1) is 9.17. The summed E-state index contributed by atoms with van der Waals surface area (Å²) >= 11 is 0. The van der Waals surface area contributed by atoms with E-state index in [-0.39, 0.29) is 10.8 Å². The van der Waals surface area contributed by atoms with E-state index in [1.165, 1.54) is 13.1 Å². The fourth-order valence-corrected chi connectivity index (χ4v) is 1.45. The molecule has 14 heavy (non-hydrogen) atoms. The second-order valence-electron chi connectivity index (χ2n) is 3.03. The summed E-state index contributed by atoms with van der Waals surface area (Å²) in [6.45, 7) is 0. The van der Waals surface area contributed by atoms with Gasteiger partial charge < -0.3 is 10.0 Å². The molecule has 0 aliphatic heterocycles. The molecule has 2 N–H and O–H groups in total. The Morgan fingerprint density at radius 2 is 2.14 bits per heavy atom. The van der Waals surface area contributed by atoms with E-state index in [1.54, 1.807) is 12.1 Å². The second-order valence-corrected chi connectivity index (χ2v) is 3.03. The van der Waals surface area contributed by atoms with Gasteiger partial charge in [0.15, 0.2) is 0 Å². The normalized spacial score (nSPS) is 10.9. The van der Waals surface area contributed by atoms with Crippen molar-refractivity contribution in [1.82, 2.24) is 9.78 Å². The van der Waals surface area contributed by atoms with Crippen LogP contribution >= 0.6 is 0 Å². The lowest BCUT2D eigenvalue weighted by molar-refractivity contribution is 0.426. The Balaban J connectivity index is 2.84. The number of fused-ring (bicyclic) bond motifs is 1. The maximum atomic E-state index is 13.5. The van der Waals surface area contributed by atoms with Gasteiger partial charge in [0.1, 0.15) is 0 Å². The van der Waals surface area contributed by atoms with Crippen molar-refractivity contribution in [2.24, 2.45) is 7.05 Å². The highest BCUT2D eigenvalue weighted by Gasteiger charge is 2.19. The Hall–Kier alpha value is -1.40. The van der Waals surface area contributed by atoms with Crippen molar-refractivity contribution in [2.45, 2.75) is 0 Å².